The highest BCUT2D eigenvalue weighted by Gasteiger charge is 2.13. The molecule has 2 rings (SSSR count). The molecule has 0 amide bonds. The summed E-state index contributed by atoms with van der Waals surface area (Å²) in [5.74, 6) is 2.31. The van der Waals surface area contributed by atoms with Gasteiger partial charge in [-0.1, -0.05) is 26.0 Å². The lowest BCUT2D eigenvalue weighted by atomic mass is 10.1. The number of nitrogens with one attached hydrogen (secondary N) is 2. The summed E-state index contributed by atoms with van der Waals surface area (Å²) in [6, 6.07) is 10.2. The number of hydrogen-bond acceptors (Lipinski definition) is 4. The van der Waals surface area contributed by atoms with Crippen LogP contribution in [-0.4, -0.2) is 31.2 Å². The maximum absolute atomic E-state index is 5.92. The summed E-state index contributed by atoms with van der Waals surface area (Å²) in [7, 11) is 1.77. The molecule has 1 unspecified atom stereocenters. The van der Waals surface area contributed by atoms with Crippen LogP contribution in [0.4, 0.5) is 0 Å². The number of aryl methyl sites for hydroxylation is 1. The zero-order valence-corrected chi connectivity index (χ0v) is 18.3. The van der Waals surface area contributed by atoms with Crippen LogP contribution in [0.5, 0.6) is 11.5 Å². The van der Waals surface area contributed by atoms with Crippen LogP contribution in [-0.2, 0) is 6.54 Å². The number of guanidine groups is 1. The second-order valence-corrected chi connectivity index (χ2v) is 6.96. The summed E-state index contributed by atoms with van der Waals surface area (Å²) >= 11 is 0. The van der Waals surface area contributed by atoms with Gasteiger partial charge in [0.25, 0.3) is 0 Å². The maximum atomic E-state index is 5.92. The molecule has 29 heavy (non-hydrogen) atoms. The Labute approximate surface area is 174 Å². The first-order valence-electron chi connectivity index (χ1n) is 10.4. The first-order valence-corrected chi connectivity index (χ1v) is 10.4. The van der Waals surface area contributed by atoms with Gasteiger partial charge in [0.1, 0.15) is 0 Å². The van der Waals surface area contributed by atoms with Gasteiger partial charge in [-0.05, 0) is 56.0 Å². The van der Waals surface area contributed by atoms with E-state index in [1.165, 1.54) is 0 Å². The molecular weight excluding hydrogens is 364 g/mol. The third kappa shape index (κ3) is 6.97. The fourth-order valence-corrected chi connectivity index (χ4v) is 2.80. The lowest BCUT2D eigenvalue weighted by molar-refractivity contribution is 0.268. The minimum absolute atomic E-state index is 0.0511. The van der Waals surface area contributed by atoms with E-state index < -0.39 is 0 Å². The molecule has 0 saturated heterocycles. The van der Waals surface area contributed by atoms with Crippen LogP contribution in [0.2, 0.25) is 0 Å². The zero-order chi connectivity index (χ0) is 21.1. The standard InChI is InChI=1S/C23H34N4O2/c1-6-13-28-21-11-10-19(15-22(21)29-14-7-2)18(4)27-23(24-5)26-16-20-17(3)9-8-12-25-20/h8-12,15,18H,6-7,13-14,16H2,1-5H3,(H2,24,26,27). The predicted molar refractivity (Wildman–Crippen MR) is 119 cm³/mol. The first-order chi connectivity index (χ1) is 14.1. The lowest BCUT2D eigenvalue weighted by Gasteiger charge is -2.20. The van der Waals surface area contributed by atoms with E-state index >= 15 is 0 Å². The predicted octanol–water partition coefficient (Wildman–Crippen LogP) is 4.39. The third-order valence-electron chi connectivity index (χ3n) is 4.51. The van der Waals surface area contributed by atoms with Gasteiger partial charge >= 0.3 is 0 Å². The van der Waals surface area contributed by atoms with E-state index in [-0.39, 0.29) is 6.04 Å². The Morgan fingerprint density at radius 3 is 2.48 bits per heavy atom. The smallest absolute Gasteiger partial charge is 0.191 e. The van der Waals surface area contributed by atoms with Crippen LogP contribution in [0.15, 0.2) is 41.5 Å². The van der Waals surface area contributed by atoms with Gasteiger partial charge in [-0.3, -0.25) is 9.98 Å². The minimum atomic E-state index is 0.0511. The molecular formula is C23H34N4O2. The molecule has 1 heterocycles. The molecule has 0 radical (unpaired) electrons. The van der Waals surface area contributed by atoms with Crippen molar-refractivity contribution in [1.82, 2.24) is 15.6 Å². The van der Waals surface area contributed by atoms with Crippen molar-refractivity contribution in [2.24, 2.45) is 4.99 Å². The summed E-state index contributed by atoms with van der Waals surface area (Å²) < 4.78 is 11.7. The van der Waals surface area contributed by atoms with E-state index in [9.17, 15) is 0 Å². The van der Waals surface area contributed by atoms with Crippen LogP contribution >= 0.6 is 0 Å². The zero-order valence-electron chi connectivity index (χ0n) is 18.3. The normalized spacial score (nSPS) is 12.4. The van der Waals surface area contributed by atoms with Gasteiger partial charge in [-0.2, -0.15) is 0 Å². The largest absolute Gasteiger partial charge is 0.490 e. The number of ether oxygens (including phenoxy) is 2. The first kappa shape index (κ1) is 22.5. The number of benzene rings is 1. The van der Waals surface area contributed by atoms with Crippen LogP contribution in [0.3, 0.4) is 0 Å². The Morgan fingerprint density at radius 1 is 1.10 bits per heavy atom. The molecule has 2 N–H and O–H groups in total. The lowest BCUT2D eigenvalue weighted by Crippen LogP contribution is -2.38. The molecule has 6 heteroatoms. The molecule has 0 fully saturated rings. The molecule has 0 spiro atoms. The fourth-order valence-electron chi connectivity index (χ4n) is 2.80. The van der Waals surface area contributed by atoms with Crippen molar-refractivity contribution in [3.8, 4) is 11.5 Å². The highest BCUT2D eigenvalue weighted by molar-refractivity contribution is 5.80. The van der Waals surface area contributed by atoms with E-state index in [0.717, 1.165) is 47.1 Å². The van der Waals surface area contributed by atoms with Crippen molar-refractivity contribution < 1.29 is 9.47 Å². The van der Waals surface area contributed by atoms with Crippen LogP contribution < -0.4 is 20.1 Å². The summed E-state index contributed by atoms with van der Waals surface area (Å²) in [5, 5.41) is 6.77. The SMILES string of the molecule is CCCOc1ccc(C(C)NC(=NC)NCc2ncccc2C)cc1OCCC. The van der Waals surface area contributed by atoms with Gasteiger partial charge in [0.2, 0.25) is 0 Å². The highest BCUT2D eigenvalue weighted by atomic mass is 16.5. The fraction of sp³-hybridized carbons (Fsp3) is 0.478. The topological polar surface area (TPSA) is 67.8 Å². The molecule has 0 bridgehead atoms. The molecule has 2 aromatic rings. The van der Waals surface area contributed by atoms with Gasteiger partial charge in [-0.25, -0.2) is 0 Å². The van der Waals surface area contributed by atoms with E-state index in [1.807, 2.05) is 18.3 Å². The van der Waals surface area contributed by atoms with Gasteiger partial charge in [0.15, 0.2) is 17.5 Å². The van der Waals surface area contributed by atoms with Crippen molar-refractivity contribution >= 4 is 5.96 Å². The average Bonchev–Trinajstić information content (AvgIpc) is 2.74. The van der Waals surface area contributed by atoms with Crippen LogP contribution in [0, 0.1) is 6.92 Å². The monoisotopic (exact) mass is 398 g/mol. The van der Waals surface area contributed by atoms with Gasteiger partial charge in [0.05, 0.1) is 31.5 Å². The van der Waals surface area contributed by atoms with Crippen LogP contribution in [0.25, 0.3) is 0 Å². The molecule has 1 aromatic heterocycles. The molecule has 0 aliphatic rings. The Hall–Kier alpha value is -2.76. The maximum Gasteiger partial charge on any atom is 0.191 e. The molecule has 0 aliphatic heterocycles. The highest BCUT2D eigenvalue weighted by Crippen LogP contribution is 2.31. The molecule has 1 atom stereocenters. The second kappa shape index (κ2) is 11.9. The number of pyridine rings is 1. The van der Waals surface area contributed by atoms with Gasteiger partial charge in [-0.15, -0.1) is 0 Å². The minimum Gasteiger partial charge on any atom is -0.490 e. The third-order valence-corrected chi connectivity index (χ3v) is 4.51. The van der Waals surface area contributed by atoms with Gasteiger partial charge < -0.3 is 20.1 Å². The van der Waals surface area contributed by atoms with Crippen molar-refractivity contribution in [2.75, 3.05) is 20.3 Å². The molecule has 0 saturated carbocycles. The van der Waals surface area contributed by atoms with E-state index in [2.05, 4.69) is 66.5 Å². The van der Waals surface area contributed by atoms with Crippen molar-refractivity contribution in [3.05, 3.63) is 53.3 Å². The Bertz CT molecular complexity index is 792. The van der Waals surface area contributed by atoms with Crippen molar-refractivity contribution in [3.63, 3.8) is 0 Å². The molecule has 158 valence electrons. The quantitative estimate of drug-likeness (QED) is 0.459. The van der Waals surface area contributed by atoms with Gasteiger partial charge in [0, 0.05) is 13.2 Å². The van der Waals surface area contributed by atoms with Crippen LogP contribution in [0.1, 0.15) is 56.5 Å². The summed E-state index contributed by atoms with van der Waals surface area (Å²) in [6.07, 6.45) is 3.72. The molecule has 0 aliphatic carbocycles. The Balaban J connectivity index is 2.05. The Kier molecular flexibility index (Phi) is 9.28. The number of aromatic nitrogens is 1. The second-order valence-electron chi connectivity index (χ2n) is 6.96. The number of rotatable bonds is 10. The molecule has 1 aromatic carbocycles. The number of hydrogen-bond donors (Lipinski definition) is 2. The van der Waals surface area contributed by atoms with E-state index in [1.54, 1.807) is 7.05 Å². The summed E-state index contributed by atoms with van der Waals surface area (Å²) in [6.45, 7) is 10.3. The van der Waals surface area contributed by atoms with E-state index in [0.29, 0.717) is 19.8 Å². The summed E-state index contributed by atoms with van der Waals surface area (Å²) in [5.41, 5.74) is 3.27. The molecule has 6 nitrogen and oxygen atoms in total. The number of nitrogens with zero attached hydrogens (tertiary/aromatic N) is 2. The van der Waals surface area contributed by atoms with E-state index in [4.69, 9.17) is 9.47 Å². The Morgan fingerprint density at radius 2 is 1.83 bits per heavy atom. The average molecular weight is 399 g/mol. The van der Waals surface area contributed by atoms with Crippen molar-refractivity contribution in [1.29, 1.82) is 0 Å². The van der Waals surface area contributed by atoms with Crippen molar-refractivity contribution in [2.45, 2.75) is 53.1 Å². The summed E-state index contributed by atoms with van der Waals surface area (Å²) in [4.78, 5) is 8.76. The number of aliphatic imine (C=N–C) groups is 1.